The molecule has 1 aliphatic heterocycles. The number of rotatable bonds is 4. The Labute approximate surface area is 118 Å². The molecule has 0 radical (unpaired) electrons. The van der Waals surface area contributed by atoms with Gasteiger partial charge in [-0.3, -0.25) is 4.90 Å². The van der Waals surface area contributed by atoms with Crippen LogP contribution in [0.1, 0.15) is 61.8 Å². The highest BCUT2D eigenvalue weighted by Crippen LogP contribution is 2.32. The molecule has 0 aromatic carbocycles. The Kier molecular flexibility index (Phi) is 3.56. The standard InChI is InChI=1S/C14H20N4O2/c1-9(2)14-15-13(17-20-14)12-5-4-6-18(12)8-11-7-10(3)16-19-11/h7,9,12H,4-6,8H2,1-3H3. The van der Waals surface area contributed by atoms with Crippen LogP contribution in [0.4, 0.5) is 0 Å². The van der Waals surface area contributed by atoms with Crippen LogP contribution in [0.15, 0.2) is 15.1 Å². The van der Waals surface area contributed by atoms with Gasteiger partial charge in [-0.25, -0.2) is 0 Å². The highest BCUT2D eigenvalue weighted by molar-refractivity contribution is 5.06. The Balaban J connectivity index is 1.74. The molecule has 0 aliphatic carbocycles. The van der Waals surface area contributed by atoms with E-state index in [1.165, 1.54) is 0 Å². The Morgan fingerprint density at radius 2 is 2.20 bits per heavy atom. The van der Waals surface area contributed by atoms with Crippen molar-refractivity contribution in [3.63, 3.8) is 0 Å². The molecule has 6 heteroatoms. The number of aryl methyl sites for hydroxylation is 1. The minimum atomic E-state index is 0.219. The van der Waals surface area contributed by atoms with Crippen LogP contribution >= 0.6 is 0 Å². The first kappa shape index (κ1) is 13.3. The van der Waals surface area contributed by atoms with Gasteiger partial charge in [0.05, 0.1) is 18.3 Å². The van der Waals surface area contributed by atoms with Gasteiger partial charge >= 0.3 is 0 Å². The van der Waals surface area contributed by atoms with Crippen molar-refractivity contribution in [1.82, 2.24) is 20.2 Å². The van der Waals surface area contributed by atoms with Gasteiger partial charge in [-0.05, 0) is 26.3 Å². The van der Waals surface area contributed by atoms with E-state index in [2.05, 4.69) is 34.0 Å². The van der Waals surface area contributed by atoms with Gasteiger partial charge in [-0.15, -0.1) is 0 Å². The molecule has 0 spiro atoms. The maximum absolute atomic E-state index is 5.32. The SMILES string of the molecule is Cc1cc(CN2CCCC2c2noc(C(C)C)n2)on1. The molecule has 1 aliphatic rings. The molecule has 6 nitrogen and oxygen atoms in total. The molecule has 1 saturated heterocycles. The van der Waals surface area contributed by atoms with Gasteiger partial charge < -0.3 is 9.05 Å². The van der Waals surface area contributed by atoms with E-state index in [-0.39, 0.29) is 12.0 Å². The Morgan fingerprint density at radius 1 is 1.35 bits per heavy atom. The monoisotopic (exact) mass is 276 g/mol. The molecular formula is C14H20N4O2. The molecule has 3 heterocycles. The smallest absolute Gasteiger partial charge is 0.229 e. The van der Waals surface area contributed by atoms with E-state index >= 15 is 0 Å². The first-order chi connectivity index (χ1) is 9.63. The lowest BCUT2D eigenvalue weighted by Crippen LogP contribution is -2.23. The van der Waals surface area contributed by atoms with Crippen LogP contribution in [0.3, 0.4) is 0 Å². The molecule has 1 unspecified atom stereocenters. The molecule has 108 valence electrons. The van der Waals surface area contributed by atoms with Crippen molar-refractivity contribution >= 4 is 0 Å². The molecule has 2 aromatic rings. The molecule has 0 N–H and O–H groups in total. The topological polar surface area (TPSA) is 68.2 Å². The Bertz CT molecular complexity index is 575. The molecule has 0 saturated carbocycles. The summed E-state index contributed by atoms with van der Waals surface area (Å²) in [6.45, 7) is 7.82. The second kappa shape index (κ2) is 5.36. The molecule has 0 amide bonds. The Morgan fingerprint density at radius 3 is 2.85 bits per heavy atom. The summed E-state index contributed by atoms with van der Waals surface area (Å²) >= 11 is 0. The van der Waals surface area contributed by atoms with Crippen LogP contribution < -0.4 is 0 Å². The third-order valence-electron chi connectivity index (χ3n) is 3.65. The maximum Gasteiger partial charge on any atom is 0.229 e. The van der Waals surface area contributed by atoms with Crippen LogP contribution in [0.5, 0.6) is 0 Å². The predicted octanol–water partition coefficient (Wildman–Crippen LogP) is 2.83. The first-order valence-corrected chi connectivity index (χ1v) is 7.13. The molecule has 2 aromatic heterocycles. The van der Waals surface area contributed by atoms with Crippen LogP contribution in [-0.2, 0) is 6.54 Å². The van der Waals surface area contributed by atoms with Crippen LogP contribution in [-0.4, -0.2) is 26.7 Å². The number of hydrogen-bond donors (Lipinski definition) is 0. The lowest BCUT2D eigenvalue weighted by molar-refractivity contribution is 0.206. The minimum absolute atomic E-state index is 0.219. The van der Waals surface area contributed by atoms with E-state index in [0.717, 1.165) is 43.2 Å². The van der Waals surface area contributed by atoms with E-state index in [1.54, 1.807) is 0 Å². The van der Waals surface area contributed by atoms with Gasteiger partial charge in [0.1, 0.15) is 0 Å². The summed E-state index contributed by atoms with van der Waals surface area (Å²) in [5, 5.41) is 8.07. The number of likely N-dealkylation sites (tertiary alicyclic amines) is 1. The summed E-state index contributed by atoms with van der Waals surface area (Å²) in [6, 6.07) is 2.20. The van der Waals surface area contributed by atoms with Crippen molar-refractivity contribution in [2.45, 2.75) is 52.1 Å². The third kappa shape index (κ3) is 2.60. The van der Waals surface area contributed by atoms with E-state index < -0.39 is 0 Å². The Hall–Kier alpha value is -1.69. The average Bonchev–Trinajstić information content (AvgIpc) is 3.10. The van der Waals surface area contributed by atoms with Gasteiger partial charge in [-0.2, -0.15) is 4.98 Å². The van der Waals surface area contributed by atoms with Crippen molar-refractivity contribution in [2.75, 3.05) is 6.54 Å². The van der Waals surface area contributed by atoms with Crippen LogP contribution in [0.2, 0.25) is 0 Å². The van der Waals surface area contributed by atoms with Gasteiger partial charge in [0.2, 0.25) is 5.89 Å². The van der Waals surface area contributed by atoms with Crippen molar-refractivity contribution in [1.29, 1.82) is 0 Å². The quantitative estimate of drug-likeness (QED) is 0.855. The molecule has 3 rings (SSSR count). The maximum atomic E-state index is 5.32. The fourth-order valence-electron chi connectivity index (χ4n) is 2.62. The van der Waals surface area contributed by atoms with Crippen LogP contribution in [0, 0.1) is 6.92 Å². The third-order valence-corrected chi connectivity index (χ3v) is 3.65. The van der Waals surface area contributed by atoms with Gasteiger partial charge in [0, 0.05) is 12.0 Å². The minimum Gasteiger partial charge on any atom is -0.360 e. The van der Waals surface area contributed by atoms with Gasteiger partial charge in [0.25, 0.3) is 0 Å². The number of hydrogen-bond acceptors (Lipinski definition) is 6. The summed E-state index contributed by atoms with van der Waals surface area (Å²) in [5.74, 6) is 2.66. The summed E-state index contributed by atoms with van der Waals surface area (Å²) < 4.78 is 10.6. The zero-order valence-electron chi connectivity index (χ0n) is 12.2. The largest absolute Gasteiger partial charge is 0.360 e. The van der Waals surface area contributed by atoms with Crippen molar-refractivity contribution in [3.05, 3.63) is 29.2 Å². The molecule has 0 bridgehead atoms. The summed E-state index contributed by atoms with van der Waals surface area (Å²) in [6.07, 6.45) is 2.20. The highest BCUT2D eigenvalue weighted by atomic mass is 16.5. The fourth-order valence-corrected chi connectivity index (χ4v) is 2.62. The summed E-state index contributed by atoms with van der Waals surface area (Å²) in [4.78, 5) is 6.85. The molecular weight excluding hydrogens is 256 g/mol. The second-order valence-electron chi connectivity index (χ2n) is 5.71. The predicted molar refractivity (Wildman–Crippen MR) is 72.0 cm³/mol. The second-order valence-corrected chi connectivity index (χ2v) is 5.71. The summed E-state index contributed by atoms with van der Waals surface area (Å²) in [5.41, 5.74) is 0.914. The molecule has 1 fully saturated rings. The summed E-state index contributed by atoms with van der Waals surface area (Å²) in [7, 11) is 0. The zero-order chi connectivity index (χ0) is 14.1. The van der Waals surface area contributed by atoms with Crippen molar-refractivity contribution < 1.29 is 9.05 Å². The van der Waals surface area contributed by atoms with E-state index in [1.807, 2.05) is 13.0 Å². The van der Waals surface area contributed by atoms with E-state index in [0.29, 0.717) is 5.89 Å². The van der Waals surface area contributed by atoms with E-state index in [4.69, 9.17) is 9.05 Å². The average molecular weight is 276 g/mol. The van der Waals surface area contributed by atoms with Crippen molar-refractivity contribution in [3.8, 4) is 0 Å². The zero-order valence-corrected chi connectivity index (χ0v) is 12.2. The lowest BCUT2D eigenvalue weighted by atomic mass is 10.2. The number of nitrogens with zero attached hydrogens (tertiary/aromatic N) is 4. The number of aromatic nitrogens is 3. The first-order valence-electron chi connectivity index (χ1n) is 7.13. The van der Waals surface area contributed by atoms with Gasteiger partial charge in [-0.1, -0.05) is 24.2 Å². The fraction of sp³-hybridized carbons (Fsp3) is 0.643. The van der Waals surface area contributed by atoms with Gasteiger partial charge in [0.15, 0.2) is 11.6 Å². The van der Waals surface area contributed by atoms with Crippen LogP contribution in [0.25, 0.3) is 0 Å². The normalized spacial score (nSPS) is 20.1. The highest BCUT2D eigenvalue weighted by Gasteiger charge is 2.31. The molecule has 1 atom stereocenters. The molecule has 20 heavy (non-hydrogen) atoms. The van der Waals surface area contributed by atoms with E-state index in [9.17, 15) is 0 Å². The lowest BCUT2D eigenvalue weighted by Gasteiger charge is -2.19. The van der Waals surface area contributed by atoms with Crippen molar-refractivity contribution in [2.24, 2.45) is 0 Å².